The minimum absolute atomic E-state index is 0.00838. The van der Waals surface area contributed by atoms with Crippen LogP contribution in [-0.2, 0) is 0 Å². The van der Waals surface area contributed by atoms with E-state index in [0.717, 1.165) is 25.9 Å². The average molecular weight is 239 g/mol. The van der Waals surface area contributed by atoms with Crippen molar-refractivity contribution in [3.05, 3.63) is 29.0 Å². The van der Waals surface area contributed by atoms with Gasteiger partial charge in [-0.25, -0.2) is 4.98 Å². The molecule has 2 rings (SSSR count). The van der Waals surface area contributed by atoms with E-state index in [9.17, 15) is 4.79 Å². The number of aromatic nitrogens is 1. The van der Waals surface area contributed by atoms with Crippen LogP contribution < -0.4 is 0 Å². The quantitative estimate of drug-likeness (QED) is 0.742. The fraction of sp³-hybridized carbons (Fsp3) is 0.500. The van der Waals surface area contributed by atoms with Crippen LogP contribution in [0.4, 0.5) is 0 Å². The smallest absolute Gasteiger partial charge is 0.256 e. The number of hydrogen-bond donors (Lipinski definition) is 0. The Hall–Kier alpha value is -1.09. The molecule has 0 N–H and O–H groups in total. The molecule has 0 radical (unpaired) electrons. The van der Waals surface area contributed by atoms with Gasteiger partial charge in [0.1, 0.15) is 5.15 Å². The number of likely N-dealkylation sites (tertiary alicyclic amines) is 1. The van der Waals surface area contributed by atoms with Crippen LogP contribution in [0.1, 0.15) is 30.1 Å². The highest BCUT2D eigenvalue weighted by molar-refractivity contribution is 6.32. The summed E-state index contributed by atoms with van der Waals surface area (Å²) in [5.41, 5.74) is 0.515. The Kier molecular flexibility index (Phi) is 3.44. The van der Waals surface area contributed by atoms with Crippen molar-refractivity contribution in [1.82, 2.24) is 9.88 Å². The predicted octanol–water partition coefficient (Wildman–Crippen LogP) is 2.61. The van der Waals surface area contributed by atoms with Crippen molar-refractivity contribution in [3.63, 3.8) is 0 Å². The second-order valence-electron chi connectivity index (χ2n) is 4.16. The van der Waals surface area contributed by atoms with Crippen LogP contribution in [0.25, 0.3) is 0 Å². The molecule has 1 saturated heterocycles. The van der Waals surface area contributed by atoms with Gasteiger partial charge in [-0.1, -0.05) is 24.9 Å². The molecule has 0 aliphatic carbocycles. The zero-order valence-corrected chi connectivity index (χ0v) is 10.1. The van der Waals surface area contributed by atoms with Crippen LogP contribution in [0.15, 0.2) is 18.3 Å². The lowest BCUT2D eigenvalue weighted by Crippen LogP contribution is -2.29. The first kappa shape index (κ1) is 11.4. The second-order valence-corrected chi connectivity index (χ2v) is 4.51. The molecular formula is C12H15ClN2O. The number of nitrogens with zero attached hydrogens (tertiary/aromatic N) is 2. The molecule has 1 aliphatic rings. The molecular weight excluding hydrogens is 224 g/mol. The molecule has 1 amide bonds. The Balaban J connectivity index is 2.12. The van der Waals surface area contributed by atoms with Crippen molar-refractivity contribution >= 4 is 17.5 Å². The monoisotopic (exact) mass is 238 g/mol. The molecule has 1 aliphatic heterocycles. The average Bonchev–Trinajstić information content (AvgIpc) is 2.77. The van der Waals surface area contributed by atoms with Gasteiger partial charge in [0.15, 0.2) is 0 Å². The van der Waals surface area contributed by atoms with Crippen LogP contribution in [0.2, 0.25) is 5.15 Å². The first-order valence-electron chi connectivity index (χ1n) is 5.62. The molecule has 1 fully saturated rings. The molecule has 3 nitrogen and oxygen atoms in total. The van der Waals surface area contributed by atoms with Crippen LogP contribution in [0.3, 0.4) is 0 Å². The summed E-state index contributed by atoms with van der Waals surface area (Å²) < 4.78 is 0. The van der Waals surface area contributed by atoms with Crippen LogP contribution in [0, 0.1) is 5.92 Å². The molecule has 1 aromatic heterocycles. The van der Waals surface area contributed by atoms with Gasteiger partial charge in [-0.2, -0.15) is 0 Å². The fourth-order valence-electron chi connectivity index (χ4n) is 2.07. The van der Waals surface area contributed by atoms with Gasteiger partial charge in [0.25, 0.3) is 5.91 Å². The number of carbonyl (C=O) groups excluding carboxylic acids is 1. The minimum Gasteiger partial charge on any atom is -0.338 e. The topological polar surface area (TPSA) is 33.2 Å². The Morgan fingerprint density at radius 1 is 1.69 bits per heavy atom. The Labute approximate surface area is 100 Å². The van der Waals surface area contributed by atoms with E-state index in [1.165, 1.54) is 0 Å². The van der Waals surface area contributed by atoms with Crippen molar-refractivity contribution in [3.8, 4) is 0 Å². The third-order valence-corrected chi connectivity index (χ3v) is 3.44. The van der Waals surface area contributed by atoms with Crippen molar-refractivity contribution in [1.29, 1.82) is 0 Å². The molecule has 0 spiro atoms. The van der Waals surface area contributed by atoms with Crippen LogP contribution in [-0.4, -0.2) is 28.9 Å². The van der Waals surface area contributed by atoms with E-state index in [-0.39, 0.29) is 5.91 Å². The Morgan fingerprint density at radius 3 is 3.12 bits per heavy atom. The summed E-state index contributed by atoms with van der Waals surface area (Å²) in [4.78, 5) is 17.9. The summed E-state index contributed by atoms with van der Waals surface area (Å²) in [7, 11) is 0. The number of amides is 1. The summed E-state index contributed by atoms with van der Waals surface area (Å²) in [5, 5.41) is 0.299. The zero-order valence-electron chi connectivity index (χ0n) is 9.32. The second kappa shape index (κ2) is 4.83. The van der Waals surface area contributed by atoms with Gasteiger partial charge in [0.05, 0.1) is 5.56 Å². The van der Waals surface area contributed by atoms with Crippen molar-refractivity contribution in [2.75, 3.05) is 13.1 Å². The molecule has 4 heteroatoms. The van der Waals surface area contributed by atoms with Gasteiger partial charge in [0, 0.05) is 19.3 Å². The summed E-state index contributed by atoms with van der Waals surface area (Å²) in [5.74, 6) is 0.647. The maximum absolute atomic E-state index is 12.1. The lowest BCUT2D eigenvalue weighted by atomic mass is 10.1. The van der Waals surface area contributed by atoms with E-state index >= 15 is 0 Å². The lowest BCUT2D eigenvalue weighted by Gasteiger charge is -2.16. The summed E-state index contributed by atoms with van der Waals surface area (Å²) in [6, 6.07) is 3.48. The predicted molar refractivity (Wildman–Crippen MR) is 63.5 cm³/mol. The summed E-state index contributed by atoms with van der Waals surface area (Å²) in [6.45, 7) is 3.85. The number of halogens is 1. The summed E-state index contributed by atoms with van der Waals surface area (Å²) >= 11 is 5.91. The Bertz CT molecular complexity index is 394. The van der Waals surface area contributed by atoms with E-state index in [2.05, 4.69) is 11.9 Å². The summed E-state index contributed by atoms with van der Waals surface area (Å²) in [6.07, 6.45) is 3.82. The van der Waals surface area contributed by atoms with Crippen LogP contribution >= 0.6 is 11.6 Å². The normalized spacial score (nSPS) is 20.1. The minimum atomic E-state index is 0.00838. The molecule has 0 saturated carbocycles. The first-order valence-corrected chi connectivity index (χ1v) is 6.00. The number of rotatable bonds is 2. The van der Waals surface area contributed by atoms with E-state index in [4.69, 9.17) is 11.6 Å². The number of pyridine rings is 1. The molecule has 1 aromatic rings. The first-order chi connectivity index (χ1) is 7.72. The standard InChI is InChI=1S/C12H15ClN2O/c1-2-9-5-7-15(8-9)12(16)10-4-3-6-14-11(10)13/h3-4,6,9H,2,5,7-8H2,1H3. The number of hydrogen-bond acceptors (Lipinski definition) is 2. The SMILES string of the molecule is CCC1CCN(C(=O)c2cccnc2Cl)C1. The Morgan fingerprint density at radius 2 is 2.50 bits per heavy atom. The van der Waals surface area contributed by atoms with Gasteiger partial charge in [-0.15, -0.1) is 0 Å². The molecule has 2 heterocycles. The van der Waals surface area contributed by atoms with Crippen LogP contribution in [0.5, 0.6) is 0 Å². The molecule has 1 unspecified atom stereocenters. The highest BCUT2D eigenvalue weighted by Gasteiger charge is 2.26. The molecule has 16 heavy (non-hydrogen) atoms. The van der Waals surface area contributed by atoms with Gasteiger partial charge in [0.2, 0.25) is 0 Å². The fourth-order valence-corrected chi connectivity index (χ4v) is 2.27. The largest absolute Gasteiger partial charge is 0.338 e. The highest BCUT2D eigenvalue weighted by atomic mass is 35.5. The molecule has 0 bridgehead atoms. The number of carbonyl (C=O) groups is 1. The van der Waals surface area contributed by atoms with Gasteiger partial charge < -0.3 is 4.90 Å². The molecule has 1 atom stereocenters. The maximum atomic E-state index is 12.1. The van der Waals surface area contributed by atoms with Crippen molar-refractivity contribution < 1.29 is 4.79 Å². The van der Waals surface area contributed by atoms with E-state index in [1.807, 2.05) is 4.90 Å². The lowest BCUT2D eigenvalue weighted by molar-refractivity contribution is 0.0786. The zero-order chi connectivity index (χ0) is 11.5. The van der Waals surface area contributed by atoms with E-state index in [1.54, 1.807) is 18.3 Å². The van der Waals surface area contributed by atoms with Crippen molar-refractivity contribution in [2.24, 2.45) is 5.92 Å². The highest BCUT2D eigenvalue weighted by Crippen LogP contribution is 2.22. The molecule has 86 valence electrons. The maximum Gasteiger partial charge on any atom is 0.256 e. The van der Waals surface area contributed by atoms with Gasteiger partial charge >= 0.3 is 0 Å². The van der Waals surface area contributed by atoms with Gasteiger partial charge in [-0.05, 0) is 24.5 Å². The van der Waals surface area contributed by atoms with Gasteiger partial charge in [-0.3, -0.25) is 4.79 Å². The third kappa shape index (κ3) is 2.19. The van der Waals surface area contributed by atoms with E-state index in [0.29, 0.717) is 16.6 Å². The molecule has 0 aromatic carbocycles. The third-order valence-electron chi connectivity index (χ3n) is 3.14. The van der Waals surface area contributed by atoms with E-state index < -0.39 is 0 Å². The van der Waals surface area contributed by atoms with Crippen molar-refractivity contribution in [2.45, 2.75) is 19.8 Å².